The molecule has 0 saturated carbocycles. The fourth-order valence-electron chi connectivity index (χ4n) is 3.72. The van der Waals surface area contributed by atoms with Crippen LogP contribution in [-0.2, 0) is 9.59 Å². The summed E-state index contributed by atoms with van der Waals surface area (Å²) in [5.74, 6) is 0.409. The summed E-state index contributed by atoms with van der Waals surface area (Å²) in [5, 5.41) is 10.5. The molecule has 11 heteroatoms. The molecule has 2 heterocycles. The SMILES string of the molecule is CCOc1cc(-c2nnc(NC(=O)c3cccc(N4C(=O)CCC4=O)c3)o2)cc(OCC)c1OCC. The molecule has 11 nitrogen and oxygen atoms in total. The molecule has 0 unspecified atom stereocenters. The van der Waals surface area contributed by atoms with Crippen LogP contribution in [0.1, 0.15) is 44.0 Å². The van der Waals surface area contributed by atoms with E-state index >= 15 is 0 Å². The predicted octanol–water partition coefficient (Wildman–Crippen LogP) is 3.84. The minimum absolute atomic E-state index is 0.126. The van der Waals surface area contributed by atoms with E-state index in [0.29, 0.717) is 48.3 Å². The minimum atomic E-state index is -0.539. The third kappa shape index (κ3) is 5.14. The van der Waals surface area contributed by atoms with Crippen molar-refractivity contribution in [2.24, 2.45) is 0 Å². The van der Waals surface area contributed by atoms with Gasteiger partial charge in [-0.05, 0) is 51.1 Å². The fourth-order valence-corrected chi connectivity index (χ4v) is 3.72. The number of hydrogen-bond acceptors (Lipinski definition) is 9. The van der Waals surface area contributed by atoms with Gasteiger partial charge in [0, 0.05) is 24.0 Å². The number of aromatic nitrogens is 2. The molecule has 4 rings (SSSR count). The second-order valence-electron chi connectivity index (χ2n) is 7.64. The zero-order valence-corrected chi connectivity index (χ0v) is 20.2. The number of carbonyl (C=O) groups is 3. The lowest BCUT2D eigenvalue weighted by atomic mass is 10.1. The Labute approximate surface area is 207 Å². The highest BCUT2D eigenvalue weighted by atomic mass is 16.5. The summed E-state index contributed by atoms with van der Waals surface area (Å²) >= 11 is 0. The third-order valence-electron chi connectivity index (χ3n) is 5.22. The van der Waals surface area contributed by atoms with Gasteiger partial charge in [0.05, 0.1) is 25.5 Å². The van der Waals surface area contributed by atoms with Gasteiger partial charge in [-0.1, -0.05) is 11.2 Å². The molecule has 36 heavy (non-hydrogen) atoms. The van der Waals surface area contributed by atoms with Gasteiger partial charge >= 0.3 is 6.01 Å². The van der Waals surface area contributed by atoms with E-state index in [9.17, 15) is 14.4 Å². The number of ether oxygens (including phenoxy) is 3. The largest absolute Gasteiger partial charge is 0.490 e. The Morgan fingerprint density at radius 3 is 2.19 bits per heavy atom. The summed E-state index contributed by atoms with van der Waals surface area (Å²) < 4.78 is 22.8. The number of amides is 3. The smallest absolute Gasteiger partial charge is 0.322 e. The number of hydrogen-bond donors (Lipinski definition) is 1. The van der Waals surface area contributed by atoms with Crippen LogP contribution in [0.5, 0.6) is 17.2 Å². The third-order valence-corrected chi connectivity index (χ3v) is 5.22. The molecule has 1 aliphatic rings. The summed E-state index contributed by atoms with van der Waals surface area (Å²) in [6.07, 6.45) is 0.309. The van der Waals surface area contributed by atoms with Gasteiger partial charge in [-0.2, -0.15) is 0 Å². The highest BCUT2D eigenvalue weighted by molar-refractivity contribution is 6.20. The van der Waals surface area contributed by atoms with E-state index in [-0.39, 0.29) is 42.1 Å². The lowest BCUT2D eigenvalue weighted by Crippen LogP contribution is -2.28. The molecule has 1 aliphatic heterocycles. The van der Waals surface area contributed by atoms with Gasteiger partial charge in [-0.15, -0.1) is 5.10 Å². The molecule has 1 aromatic heterocycles. The normalized spacial score (nSPS) is 13.1. The number of benzene rings is 2. The zero-order chi connectivity index (χ0) is 25.7. The van der Waals surface area contributed by atoms with Gasteiger partial charge in [0.2, 0.25) is 23.5 Å². The van der Waals surface area contributed by atoms with Gasteiger partial charge in [-0.3, -0.25) is 24.6 Å². The van der Waals surface area contributed by atoms with Crippen LogP contribution in [0.25, 0.3) is 11.5 Å². The average molecular weight is 495 g/mol. The molecule has 3 amide bonds. The first kappa shape index (κ1) is 24.7. The van der Waals surface area contributed by atoms with Crippen molar-refractivity contribution in [2.75, 3.05) is 30.0 Å². The Bertz CT molecular complexity index is 1240. The lowest BCUT2D eigenvalue weighted by Gasteiger charge is -2.16. The number of nitrogens with one attached hydrogen (secondary N) is 1. The molecular formula is C25H26N4O7. The second-order valence-corrected chi connectivity index (χ2v) is 7.64. The van der Waals surface area contributed by atoms with Crippen molar-refractivity contribution in [2.45, 2.75) is 33.6 Å². The first-order valence-corrected chi connectivity index (χ1v) is 11.6. The van der Waals surface area contributed by atoms with Gasteiger partial charge in [0.15, 0.2) is 11.5 Å². The summed E-state index contributed by atoms with van der Waals surface area (Å²) in [7, 11) is 0. The molecule has 0 radical (unpaired) electrons. The Hall–Kier alpha value is -4.41. The van der Waals surface area contributed by atoms with Gasteiger partial charge in [0.25, 0.3) is 5.91 Å². The summed E-state index contributed by atoms with van der Waals surface area (Å²) in [6, 6.07) is 9.47. The van der Waals surface area contributed by atoms with E-state index in [4.69, 9.17) is 18.6 Å². The highest BCUT2D eigenvalue weighted by Crippen LogP contribution is 2.42. The number of carbonyl (C=O) groups excluding carboxylic acids is 3. The van der Waals surface area contributed by atoms with Crippen molar-refractivity contribution in [3.05, 3.63) is 42.0 Å². The molecule has 3 aromatic rings. The average Bonchev–Trinajstić information content (AvgIpc) is 3.47. The first-order valence-electron chi connectivity index (χ1n) is 11.6. The molecule has 2 aromatic carbocycles. The monoisotopic (exact) mass is 494 g/mol. The molecule has 0 aliphatic carbocycles. The number of nitrogens with zero attached hydrogens (tertiary/aromatic N) is 3. The van der Waals surface area contributed by atoms with Crippen LogP contribution in [0.4, 0.5) is 11.7 Å². The van der Waals surface area contributed by atoms with Crippen LogP contribution in [0.3, 0.4) is 0 Å². The molecular weight excluding hydrogens is 468 g/mol. The van der Waals surface area contributed by atoms with E-state index in [1.807, 2.05) is 20.8 Å². The molecule has 188 valence electrons. The van der Waals surface area contributed by atoms with Crippen molar-refractivity contribution in [3.63, 3.8) is 0 Å². The second kappa shape index (κ2) is 10.9. The minimum Gasteiger partial charge on any atom is -0.490 e. The van der Waals surface area contributed by atoms with Gasteiger partial charge < -0.3 is 18.6 Å². The van der Waals surface area contributed by atoms with Crippen LogP contribution in [0, 0.1) is 0 Å². The predicted molar refractivity (Wildman–Crippen MR) is 129 cm³/mol. The first-order chi connectivity index (χ1) is 17.4. The molecule has 1 fully saturated rings. The summed E-state index contributed by atoms with van der Waals surface area (Å²) in [6.45, 7) is 6.82. The van der Waals surface area contributed by atoms with Crippen LogP contribution >= 0.6 is 0 Å². The maximum Gasteiger partial charge on any atom is 0.322 e. The Balaban J connectivity index is 1.56. The molecule has 0 atom stereocenters. The topological polar surface area (TPSA) is 133 Å². The molecule has 1 N–H and O–H groups in total. The van der Waals surface area contributed by atoms with Crippen molar-refractivity contribution >= 4 is 29.4 Å². The molecule has 0 spiro atoms. The lowest BCUT2D eigenvalue weighted by molar-refractivity contribution is -0.121. The standard InChI is InChI=1S/C25H26N4O7/c1-4-33-18-13-16(14-19(34-5-2)22(18)35-6-3)24-27-28-25(36-24)26-23(32)15-8-7-9-17(12-15)29-20(30)10-11-21(29)31/h7-9,12-14H,4-6,10-11H2,1-3H3,(H,26,28,32). The van der Waals surface area contributed by atoms with Crippen molar-refractivity contribution in [1.29, 1.82) is 0 Å². The van der Waals surface area contributed by atoms with Crippen LogP contribution < -0.4 is 24.4 Å². The van der Waals surface area contributed by atoms with Crippen molar-refractivity contribution in [1.82, 2.24) is 10.2 Å². The number of rotatable bonds is 10. The maximum absolute atomic E-state index is 12.8. The van der Waals surface area contributed by atoms with Crippen LogP contribution in [0.15, 0.2) is 40.8 Å². The Morgan fingerprint density at radius 1 is 0.944 bits per heavy atom. The summed E-state index contributed by atoms with van der Waals surface area (Å²) in [5.41, 5.74) is 1.08. The molecule has 0 bridgehead atoms. The number of anilines is 2. The highest BCUT2D eigenvalue weighted by Gasteiger charge is 2.30. The zero-order valence-electron chi connectivity index (χ0n) is 20.2. The summed E-state index contributed by atoms with van der Waals surface area (Å²) in [4.78, 5) is 37.9. The fraction of sp³-hybridized carbons (Fsp3) is 0.320. The number of imide groups is 1. The van der Waals surface area contributed by atoms with Crippen molar-refractivity contribution < 1.29 is 33.0 Å². The van der Waals surface area contributed by atoms with Crippen LogP contribution in [0.2, 0.25) is 0 Å². The molecule has 1 saturated heterocycles. The van der Waals surface area contributed by atoms with Crippen LogP contribution in [-0.4, -0.2) is 47.7 Å². The van der Waals surface area contributed by atoms with E-state index in [1.165, 1.54) is 6.07 Å². The quantitative estimate of drug-likeness (QED) is 0.417. The maximum atomic E-state index is 12.8. The Morgan fingerprint density at radius 2 is 1.58 bits per heavy atom. The van der Waals surface area contributed by atoms with Gasteiger partial charge in [-0.25, -0.2) is 0 Å². The van der Waals surface area contributed by atoms with E-state index in [0.717, 1.165) is 4.90 Å². The van der Waals surface area contributed by atoms with E-state index < -0.39 is 5.91 Å². The van der Waals surface area contributed by atoms with E-state index in [2.05, 4.69) is 15.5 Å². The van der Waals surface area contributed by atoms with Crippen molar-refractivity contribution in [3.8, 4) is 28.7 Å². The Kier molecular flexibility index (Phi) is 7.47. The van der Waals surface area contributed by atoms with Gasteiger partial charge in [0.1, 0.15) is 0 Å². The van der Waals surface area contributed by atoms with E-state index in [1.54, 1.807) is 30.3 Å².